The minimum atomic E-state index is 0.828. The predicted molar refractivity (Wildman–Crippen MR) is 127 cm³/mol. The van der Waals surface area contributed by atoms with E-state index in [0.717, 1.165) is 15.5 Å². The molecule has 0 spiro atoms. The van der Waals surface area contributed by atoms with Gasteiger partial charge in [0.15, 0.2) is 11.0 Å². The van der Waals surface area contributed by atoms with E-state index in [1.807, 2.05) is 0 Å². The van der Waals surface area contributed by atoms with E-state index in [2.05, 4.69) is 133 Å². The van der Waals surface area contributed by atoms with Gasteiger partial charge in [0.1, 0.15) is 6.54 Å². The third-order valence-corrected chi connectivity index (χ3v) is 6.55. The summed E-state index contributed by atoms with van der Waals surface area (Å²) in [5, 5.41) is 0. The first-order chi connectivity index (χ1) is 14.1. The van der Waals surface area contributed by atoms with Crippen LogP contribution in [0.25, 0.3) is 28.3 Å². The maximum atomic E-state index is 3.56. The van der Waals surface area contributed by atoms with Gasteiger partial charge < -0.3 is 0 Å². The third-order valence-electron chi connectivity index (χ3n) is 5.49. The molecule has 1 aromatic heterocycles. The van der Waals surface area contributed by atoms with Crippen LogP contribution < -0.4 is 4.57 Å². The largest absolute Gasteiger partial charge is 0.283 e. The summed E-state index contributed by atoms with van der Waals surface area (Å²) >= 11 is 7.11. The minimum absolute atomic E-state index is 0.828. The minimum Gasteiger partial charge on any atom is -0.226 e. The van der Waals surface area contributed by atoms with Crippen LogP contribution >= 0.6 is 31.9 Å². The third kappa shape index (κ3) is 3.41. The zero-order chi connectivity index (χ0) is 20.0. The number of allylic oxidation sites excluding steroid dienone is 3. The van der Waals surface area contributed by atoms with Crippen LogP contribution in [0, 0.1) is 0 Å². The summed E-state index contributed by atoms with van der Waals surface area (Å²) in [4.78, 5) is 0. The van der Waals surface area contributed by atoms with E-state index in [1.165, 1.54) is 39.1 Å². The SMILES string of the molecule is C[n+]1c2n(c3ccccc31)CC(c1ccc(Br)cc1)=CC(c1ccc(Br)cc1)=C2. The number of aromatic nitrogens is 2. The van der Waals surface area contributed by atoms with Crippen LogP contribution in [0.2, 0.25) is 0 Å². The number of benzene rings is 3. The van der Waals surface area contributed by atoms with Crippen LogP contribution in [-0.2, 0) is 13.6 Å². The standard InChI is InChI=1S/C25H19Br2N2/c1-28-23-4-2-3-5-24(23)29-16-20(18-8-12-22(27)13-9-18)14-19(15-25(28)29)17-6-10-21(26)11-7-17/h2-15H,16H2,1H3/q+1. The molecule has 0 unspecified atom stereocenters. The molecule has 3 aromatic carbocycles. The second kappa shape index (κ2) is 7.43. The van der Waals surface area contributed by atoms with Gasteiger partial charge in [-0.05, 0) is 59.2 Å². The van der Waals surface area contributed by atoms with Crippen LogP contribution in [-0.4, -0.2) is 4.57 Å². The van der Waals surface area contributed by atoms with Crippen LogP contribution in [0.4, 0.5) is 0 Å². The van der Waals surface area contributed by atoms with Gasteiger partial charge in [-0.25, -0.2) is 9.13 Å². The van der Waals surface area contributed by atoms with E-state index < -0.39 is 0 Å². The van der Waals surface area contributed by atoms with Crippen molar-refractivity contribution in [3.8, 4) is 0 Å². The number of imidazole rings is 1. The number of rotatable bonds is 2. The molecule has 5 rings (SSSR count). The number of nitrogens with zero attached hydrogens (tertiary/aromatic N) is 2. The summed E-state index contributed by atoms with van der Waals surface area (Å²) in [5.41, 5.74) is 7.46. The molecule has 29 heavy (non-hydrogen) atoms. The quantitative estimate of drug-likeness (QED) is 0.270. The van der Waals surface area contributed by atoms with Crippen LogP contribution in [0.5, 0.6) is 0 Å². The summed E-state index contributed by atoms with van der Waals surface area (Å²) in [7, 11) is 2.15. The molecule has 0 amide bonds. The van der Waals surface area contributed by atoms with E-state index >= 15 is 0 Å². The molecule has 0 aliphatic carbocycles. The lowest BCUT2D eigenvalue weighted by molar-refractivity contribution is -0.647. The summed E-state index contributed by atoms with van der Waals surface area (Å²) in [5.74, 6) is 1.20. The van der Waals surface area contributed by atoms with Crippen molar-refractivity contribution in [1.82, 2.24) is 4.57 Å². The van der Waals surface area contributed by atoms with Crippen molar-refractivity contribution in [1.29, 1.82) is 0 Å². The Bertz CT molecular complexity index is 1280. The second-order valence-corrected chi connectivity index (χ2v) is 9.11. The van der Waals surface area contributed by atoms with Crippen molar-refractivity contribution in [2.75, 3.05) is 0 Å². The van der Waals surface area contributed by atoms with Crippen molar-refractivity contribution >= 4 is 60.1 Å². The number of fused-ring (bicyclic) bond motifs is 3. The Morgan fingerprint density at radius 2 is 1.38 bits per heavy atom. The molecule has 0 atom stereocenters. The highest BCUT2D eigenvalue weighted by molar-refractivity contribution is 9.10. The molecule has 2 heterocycles. The fourth-order valence-electron chi connectivity index (χ4n) is 3.98. The number of para-hydroxylation sites is 2. The molecule has 0 N–H and O–H groups in total. The first-order valence-corrected chi connectivity index (χ1v) is 11.1. The molecule has 0 fully saturated rings. The fraction of sp³-hybridized carbons (Fsp3) is 0.0800. The predicted octanol–water partition coefficient (Wildman–Crippen LogP) is 6.63. The van der Waals surface area contributed by atoms with Gasteiger partial charge in [-0.1, -0.05) is 68.3 Å². The Hall–Kier alpha value is -2.43. The molecule has 0 radical (unpaired) electrons. The molecule has 4 aromatic rings. The van der Waals surface area contributed by atoms with Gasteiger partial charge in [0.2, 0.25) is 0 Å². The lowest BCUT2D eigenvalue weighted by Gasteiger charge is -2.07. The second-order valence-electron chi connectivity index (χ2n) is 7.28. The molecule has 0 saturated heterocycles. The summed E-state index contributed by atoms with van der Waals surface area (Å²) in [6.45, 7) is 0.828. The summed E-state index contributed by atoms with van der Waals surface area (Å²) in [6, 6.07) is 25.7. The molecular formula is C25H19Br2N2+. The number of halogens is 2. The first-order valence-electron chi connectivity index (χ1n) is 9.51. The van der Waals surface area contributed by atoms with Crippen molar-refractivity contribution in [3.05, 3.63) is 105 Å². The molecular weight excluding hydrogens is 488 g/mol. The Kier molecular flexibility index (Phi) is 4.76. The Balaban J connectivity index is 1.76. The van der Waals surface area contributed by atoms with Crippen LogP contribution in [0.3, 0.4) is 0 Å². The zero-order valence-electron chi connectivity index (χ0n) is 15.9. The highest BCUT2D eigenvalue weighted by atomic mass is 79.9. The van der Waals surface area contributed by atoms with E-state index in [0.29, 0.717) is 0 Å². The van der Waals surface area contributed by atoms with E-state index in [9.17, 15) is 0 Å². The van der Waals surface area contributed by atoms with Gasteiger partial charge >= 0.3 is 0 Å². The Labute approximate surface area is 187 Å². The molecule has 0 bridgehead atoms. The highest BCUT2D eigenvalue weighted by Crippen LogP contribution is 2.32. The van der Waals surface area contributed by atoms with Crippen LogP contribution in [0.15, 0.2) is 87.8 Å². The topological polar surface area (TPSA) is 8.81 Å². The number of aryl methyl sites for hydroxylation is 1. The molecule has 1 aliphatic rings. The zero-order valence-corrected chi connectivity index (χ0v) is 19.1. The maximum absolute atomic E-state index is 3.56. The number of hydrogen-bond donors (Lipinski definition) is 0. The Morgan fingerprint density at radius 1 is 0.759 bits per heavy atom. The van der Waals surface area contributed by atoms with Gasteiger partial charge in [0.25, 0.3) is 5.82 Å². The highest BCUT2D eigenvalue weighted by Gasteiger charge is 2.25. The average molecular weight is 507 g/mol. The van der Waals surface area contributed by atoms with Crippen molar-refractivity contribution < 1.29 is 4.57 Å². The van der Waals surface area contributed by atoms with Gasteiger partial charge in [0.05, 0.1) is 7.05 Å². The van der Waals surface area contributed by atoms with Crippen molar-refractivity contribution in [2.45, 2.75) is 6.54 Å². The molecule has 142 valence electrons. The summed E-state index contributed by atoms with van der Waals surface area (Å²) in [6.07, 6.45) is 4.63. The maximum Gasteiger partial charge on any atom is 0.283 e. The lowest BCUT2D eigenvalue weighted by atomic mass is 9.99. The van der Waals surface area contributed by atoms with Crippen molar-refractivity contribution in [3.63, 3.8) is 0 Å². The number of hydrogen-bond acceptors (Lipinski definition) is 0. The Morgan fingerprint density at radius 3 is 2.07 bits per heavy atom. The van der Waals surface area contributed by atoms with Gasteiger partial charge in [-0.3, -0.25) is 0 Å². The summed E-state index contributed by atoms with van der Waals surface area (Å²) < 4.78 is 6.88. The molecule has 0 saturated carbocycles. The monoisotopic (exact) mass is 505 g/mol. The normalized spacial score (nSPS) is 13.6. The first kappa shape index (κ1) is 18.6. The van der Waals surface area contributed by atoms with Crippen LogP contribution in [0.1, 0.15) is 17.0 Å². The smallest absolute Gasteiger partial charge is 0.226 e. The van der Waals surface area contributed by atoms with E-state index in [-0.39, 0.29) is 0 Å². The van der Waals surface area contributed by atoms with Gasteiger partial charge in [-0.2, -0.15) is 0 Å². The average Bonchev–Trinajstić information content (AvgIpc) is 2.89. The fourth-order valence-corrected chi connectivity index (χ4v) is 4.51. The lowest BCUT2D eigenvalue weighted by Crippen LogP contribution is -2.31. The van der Waals surface area contributed by atoms with Gasteiger partial charge in [0, 0.05) is 20.6 Å². The van der Waals surface area contributed by atoms with Gasteiger partial charge in [-0.15, -0.1) is 0 Å². The molecule has 1 aliphatic heterocycles. The van der Waals surface area contributed by atoms with E-state index in [1.54, 1.807) is 0 Å². The van der Waals surface area contributed by atoms with Crippen molar-refractivity contribution in [2.24, 2.45) is 7.05 Å². The molecule has 4 heteroatoms. The van der Waals surface area contributed by atoms with E-state index in [4.69, 9.17) is 0 Å². The molecule has 2 nitrogen and oxygen atoms in total.